The van der Waals surface area contributed by atoms with Crippen LogP contribution in [0.15, 0.2) is 0 Å². The molecule has 4 saturated carbocycles. The molecule has 4 rings (SSSR count). The van der Waals surface area contributed by atoms with Crippen LogP contribution in [0.4, 0.5) is 0 Å². The van der Waals surface area contributed by atoms with Crippen molar-refractivity contribution in [3.05, 3.63) is 0 Å². The Labute approximate surface area is 105 Å². The molecular weight excluding hydrogens is 190 g/mol. The van der Waals surface area contributed by atoms with Gasteiger partial charge in [0.2, 0.25) is 0 Å². The van der Waals surface area contributed by atoms with E-state index in [2.05, 4.69) is 13.8 Å². The molecule has 0 aromatic heterocycles. The molecule has 0 N–H and O–H groups in total. The lowest BCUT2D eigenvalue weighted by atomic mass is 9.51. The van der Waals surface area contributed by atoms with Gasteiger partial charge in [-0.05, 0) is 60.2 Å². The van der Waals surface area contributed by atoms with Crippen LogP contribution in [0, 0.1) is 47.3 Å². The van der Waals surface area contributed by atoms with E-state index in [4.69, 9.17) is 18.4 Å². The van der Waals surface area contributed by atoms with Crippen LogP contribution >= 0.6 is 0 Å². The van der Waals surface area contributed by atoms with Crippen molar-refractivity contribution in [2.75, 3.05) is 0 Å². The van der Waals surface area contributed by atoms with Crippen molar-refractivity contribution < 1.29 is 2.74 Å². The zero-order valence-electron chi connectivity index (χ0n) is 12.2. The maximum absolute atomic E-state index is 8.39. The summed E-state index contributed by atoms with van der Waals surface area (Å²) in [6.07, 6.45) is 2.23. The Morgan fingerprint density at radius 2 is 1.19 bits per heavy atom. The van der Waals surface area contributed by atoms with Crippen molar-refractivity contribution in [3.8, 4) is 0 Å². The third kappa shape index (κ3) is 0.896. The topological polar surface area (TPSA) is 0 Å². The maximum Gasteiger partial charge on any atom is 0.0697 e. The SMILES string of the molecule is [2H]C1([B])C2CC(C3C4CC(C(C)C4C)C32)C1([2H])[B]. The Bertz CT molecular complexity index is 373. The lowest BCUT2D eigenvalue weighted by Gasteiger charge is -2.45. The molecule has 0 spiro atoms. The molecule has 0 heterocycles. The fourth-order valence-corrected chi connectivity index (χ4v) is 5.93. The molecule has 0 nitrogen and oxygen atoms in total. The Morgan fingerprint density at radius 3 is 1.62 bits per heavy atom. The van der Waals surface area contributed by atoms with E-state index < -0.39 is 11.6 Å². The van der Waals surface area contributed by atoms with Gasteiger partial charge in [0.05, 0.1) is 15.7 Å². The van der Waals surface area contributed by atoms with Crippen molar-refractivity contribution in [2.45, 2.75) is 38.3 Å². The fraction of sp³-hybridized carbons (Fsp3) is 1.00. The second-order valence-electron chi connectivity index (χ2n) is 6.80. The van der Waals surface area contributed by atoms with E-state index in [9.17, 15) is 0 Å². The van der Waals surface area contributed by atoms with Crippen molar-refractivity contribution in [2.24, 2.45) is 47.3 Å². The molecule has 4 radical (unpaired) electrons. The number of rotatable bonds is 0. The minimum Gasteiger partial charge on any atom is -0.0789 e. The summed E-state index contributed by atoms with van der Waals surface area (Å²) in [7, 11) is 12.3. The molecule has 4 fully saturated rings. The number of hydrogen-bond donors (Lipinski definition) is 0. The molecule has 10 atom stereocenters. The summed E-state index contributed by atoms with van der Waals surface area (Å²) in [5.41, 5.74) is 0. The molecule has 82 valence electrons. The molecular formula is C14H20B2. The van der Waals surface area contributed by atoms with Crippen molar-refractivity contribution in [1.29, 1.82) is 0 Å². The Morgan fingerprint density at radius 1 is 0.812 bits per heavy atom. The zero-order chi connectivity index (χ0) is 13.0. The van der Waals surface area contributed by atoms with Crippen molar-refractivity contribution >= 4 is 15.7 Å². The molecule has 2 heteroatoms. The van der Waals surface area contributed by atoms with Crippen molar-refractivity contribution in [1.82, 2.24) is 0 Å². The third-order valence-electron chi connectivity index (χ3n) is 6.73. The normalized spacial score (nSPS) is 82.1. The quantitative estimate of drug-likeness (QED) is 0.427. The minimum absolute atomic E-state index is 0.167. The van der Waals surface area contributed by atoms with Crippen LogP contribution in [0.2, 0.25) is 11.6 Å². The van der Waals surface area contributed by atoms with Gasteiger partial charge in [0, 0.05) is 2.74 Å². The van der Waals surface area contributed by atoms with Gasteiger partial charge in [-0.2, -0.15) is 0 Å². The molecule has 4 aliphatic carbocycles. The van der Waals surface area contributed by atoms with E-state index in [-0.39, 0.29) is 11.8 Å². The average molecular weight is 212 g/mol. The number of hydrogen-bond acceptors (Lipinski definition) is 0. The summed E-state index contributed by atoms with van der Waals surface area (Å²) in [6.45, 7) is 4.74. The first-order chi connectivity index (χ1) is 8.28. The average Bonchev–Trinajstić information content (AvgIpc) is 2.91. The van der Waals surface area contributed by atoms with Gasteiger partial charge in [0.1, 0.15) is 0 Å². The van der Waals surface area contributed by atoms with Crippen LogP contribution in [-0.2, 0) is 0 Å². The van der Waals surface area contributed by atoms with Crippen LogP contribution in [0.25, 0.3) is 0 Å². The van der Waals surface area contributed by atoms with E-state index in [0.29, 0.717) is 11.8 Å². The molecule has 0 saturated heterocycles. The Kier molecular flexibility index (Phi) is 1.51. The summed E-state index contributed by atoms with van der Waals surface area (Å²) in [5.74, 6) is 2.09. The summed E-state index contributed by atoms with van der Waals surface area (Å²) >= 11 is 0. The van der Waals surface area contributed by atoms with Crippen LogP contribution in [0.1, 0.15) is 29.4 Å². The lowest BCUT2D eigenvalue weighted by molar-refractivity contribution is 0.0724. The highest BCUT2D eigenvalue weighted by atomic mass is 14.7. The predicted molar refractivity (Wildman–Crippen MR) is 67.5 cm³/mol. The maximum atomic E-state index is 8.39. The molecule has 4 bridgehead atoms. The van der Waals surface area contributed by atoms with E-state index >= 15 is 0 Å². The Balaban J connectivity index is 1.78. The lowest BCUT2D eigenvalue weighted by Crippen LogP contribution is -2.39. The third-order valence-corrected chi connectivity index (χ3v) is 6.73. The van der Waals surface area contributed by atoms with Gasteiger partial charge >= 0.3 is 0 Å². The molecule has 10 unspecified atom stereocenters. The zero-order valence-corrected chi connectivity index (χ0v) is 10.2. The standard InChI is InChI=1S/C14H20B2/c1-5-6(2)8-3-7(5)11-9-4-10(12(8)11)14(16)13(9)15/h5-14H,3-4H2,1-2H3/i13D,14D. The largest absolute Gasteiger partial charge is 0.0789 e. The molecule has 0 aromatic rings. The van der Waals surface area contributed by atoms with Crippen LogP contribution in [0.5, 0.6) is 0 Å². The highest BCUT2D eigenvalue weighted by Crippen LogP contribution is 2.74. The van der Waals surface area contributed by atoms with Gasteiger partial charge in [-0.25, -0.2) is 0 Å². The summed E-state index contributed by atoms with van der Waals surface area (Å²) in [6, 6.07) is 0. The molecule has 4 aliphatic rings. The smallest absolute Gasteiger partial charge is 0.0697 e. The summed E-state index contributed by atoms with van der Waals surface area (Å²) in [5, 5.41) is 0. The first-order valence-electron chi connectivity index (χ1n) is 7.86. The van der Waals surface area contributed by atoms with E-state index in [1.165, 1.54) is 6.42 Å². The van der Waals surface area contributed by atoms with E-state index in [0.717, 1.165) is 30.1 Å². The monoisotopic (exact) mass is 212 g/mol. The van der Waals surface area contributed by atoms with Gasteiger partial charge in [-0.15, -0.1) is 0 Å². The highest BCUT2D eigenvalue weighted by Gasteiger charge is 2.66. The van der Waals surface area contributed by atoms with Crippen LogP contribution in [-0.4, -0.2) is 15.7 Å². The van der Waals surface area contributed by atoms with Gasteiger partial charge in [-0.3, -0.25) is 0 Å². The Hall–Kier alpha value is 0.130. The second-order valence-corrected chi connectivity index (χ2v) is 6.80. The van der Waals surface area contributed by atoms with Crippen LogP contribution < -0.4 is 0 Å². The predicted octanol–water partition coefficient (Wildman–Crippen LogP) is 2.70. The highest BCUT2D eigenvalue weighted by molar-refractivity contribution is 6.22. The van der Waals surface area contributed by atoms with Gasteiger partial charge in [-0.1, -0.05) is 25.4 Å². The first-order valence-corrected chi connectivity index (χ1v) is 6.86. The van der Waals surface area contributed by atoms with Gasteiger partial charge in [0.15, 0.2) is 0 Å². The summed E-state index contributed by atoms with van der Waals surface area (Å²) in [4.78, 5) is 0. The van der Waals surface area contributed by atoms with E-state index in [1.807, 2.05) is 0 Å². The number of fused-ring (bicyclic) bond motifs is 9. The fourth-order valence-electron chi connectivity index (χ4n) is 5.93. The van der Waals surface area contributed by atoms with Gasteiger partial charge in [0.25, 0.3) is 0 Å². The molecule has 0 amide bonds. The molecule has 0 aliphatic heterocycles. The van der Waals surface area contributed by atoms with Crippen LogP contribution in [0.3, 0.4) is 0 Å². The molecule has 16 heavy (non-hydrogen) atoms. The van der Waals surface area contributed by atoms with E-state index in [1.54, 1.807) is 0 Å². The minimum atomic E-state index is -1.23. The summed E-state index contributed by atoms with van der Waals surface area (Å²) < 4.78 is 16.8. The second kappa shape index (κ2) is 2.93. The van der Waals surface area contributed by atoms with Crippen molar-refractivity contribution in [3.63, 3.8) is 0 Å². The van der Waals surface area contributed by atoms with Gasteiger partial charge < -0.3 is 0 Å². The molecule has 0 aromatic carbocycles. The first kappa shape index (κ1) is 8.27.